The van der Waals surface area contributed by atoms with E-state index in [2.05, 4.69) is 19.2 Å². The van der Waals surface area contributed by atoms with E-state index in [1.807, 2.05) is 0 Å². The van der Waals surface area contributed by atoms with Gasteiger partial charge in [0.15, 0.2) is 6.10 Å². The van der Waals surface area contributed by atoms with Crippen molar-refractivity contribution in [1.82, 2.24) is 5.32 Å². The molecule has 0 radical (unpaired) electrons. The zero-order valence-electron chi connectivity index (χ0n) is 36.1. The molecular formula is C44H86N2O9P-. The van der Waals surface area contributed by atoms with Crippen molar-refractivity contribution in [3.63, 3.8) is 0 Å². The molecule has 3 N–H and O–H groups in total. The van der Waals surface area contributed by atoms with Gasteiger partial charge in [0.1, 0.15) is 13.2 Å². The fourth-order valence-electron chi connectivity index (χ4n) is 6.56. The minimum Gasteiger partial charge on any atom is -0.786 e. The molecule has 11 nitrogen and oxygen atoms in total. The number of amides is 1. The Bertz CT molecular complexity index is 870. The van der Waals surface area contributed by atoms with E-state index in [9.17, 15) is 19.3 Å². The van der Waals surface area contributed by atoms with Gasteiger partial charge in [0.2, 0.25) is 0 Å². The minimum atomic E-state index is -2.55. The van der Waals surface area contributed by atoms with Crippen LogP contribution in [0.4, 0.5) is 4.79 Å². The highest BCUT2D eigenvalue weighted by atomic mass is 31.2. The maximum atomic E-state index is 12.7. The van der Waals surface area contributed by atoms with Crippen LogP contribution in [-0.2, 0) is 32.8 Å². The number of ether oxygens (including phenoxy) is 3. The van der Waals surface area contributed by atoms with Crippen LogP contribution >= 0.6 is 8.60 Å². The van der Waals surface area contributed by atoms with E-state index in [1.165, 1.54) is 154 Å². The summed E-state index contributed by atoms with van der Waals surface area (Å²) in [6.07, 6.45) is 36.4. The maximum absolute atomic E-state index is 12.7. The standard InChI is InChI=1S/C44H86N2O9P/c1-3-5-7-9-11-13-15-17-19-21-23-25-27-29-31-33-42(47)52-39-41(40-54-56(50)53-38-36-46-44(49)51-37-35-45)55-43(48)34-32-30-28-26-24-22-20-18-16-14-12-10-8-6-4-2/h41H,3-40,45H2,1-2H3,(H,46,49)/q-1/t41-,56?/m0/s1. The van der Waals surface area contributed by atoms with Crippen LogP contribution in [0.25, 0.3) is 0 Å². The Morgan fingerprint density at radius 1 is 0.518 bits per heavy atom. The lowest BCUT2D eigenvalue weighted by molar-refractivity contribution is -0.207. The van der Waals surface area contributed by atoms with Gasteiger partial charge < -0.3 is 39.2 Å². The van der Waals surface area contributed by atoms with Gasteiger partial charge in [0, 0.05) is 25.9 Å². The normalized spacial score (nSPS) is 12.4. The van der Waals surface area contributed by atoms with E-state index < -0.39 is 26.8 Å². The molecule has 0 aromatic carbocycles. The van der Waals surface area contributed by atoms with Gasteiger partial charge in [0.05, 0.1) is 21.8 Å². The highest BCUT2D eigenvalue weighted by Crippen LogP contribution is 2.28. The third-order valence-corrected chi connectivity index (χ3v) is 10.7. The molecule has 0 aliphatic carbocycles. The molecule has 1 unspecified atom stereocenters. The van der Waals surface area contributed by atoms with Crippen LogP contribution in [-0.4, -0.2) is 63.7 Å². The molecule has 12 heteroatoms. The van der Waals surface area contributed by atoms with E-state index in [4.69, 9.17) is 29.0 Å². The lowest BCUT2D eigenvalue weighted by Crippen LogP contribution is -2.31. The molecule has 0 fully saturated rings. The van der Waals surface area contributed by atoms with Gasteiger partial charge in [-0.3, -0.25) is 9.59 Å². The van der Waals surface area contributed by atoms with Crippen molar-refractivity contribution in [2.45, 2.75) is 225 Å². The zero-order chi connectivity index (χ0) is 41.0. The van der Waals surface area contributed by atoms with Gasteiger partial charge in [-0.2, -0.15) is 0 Å². The summed E-state index contributed by atoms with van der Waals surface area (Å²) in [5.41, 5.74) is 5.30. The minimum absolute atomic E-state index is 0.0580. The van der Waals surface area contributed by atoms with Crippen LogP contribution in [0.3, 0.4) is 0 Å². The van der Waals surface area contributed by atoms with E-state index in [-0.39, 0.29) is 51.9 Å². The van der Waals surface area contributed by atoms with Gasteiger partial charge in [-0.1, -0.05) is 194 Å². The summed E-state index contributed by atoms with van der Waals surface area (Å²) >= 11 is 0. The first-order valence-electron chi connectivity index (χ1n) is 23.1. The van der Waals surface area contributed by atoms with E-state index >= 15 is 0 Å². The van der Waals surface area contributed by atoms with Crippen LogP contribution in [0.1, 0.15) is 219 Å². The second-order valence-corrected chi connectivity index (χ2v) is 16.4. The van der Waals surface area contributed by atoms with Crippen molar-refractivity contribution in [2.75, 3.05) is 39.5 Å². The molecule has 0 saturated heterocycles. The largest absolute Gasteiger partial charge is 0.786 e. The summed E-state index contributed by atoms with van der Waals surface area (Å²) in [5, 5.41) is 2.45. The predicted octanol–water partition coefficient (Wildman–Crippen LogP) is 11.3. The first-order valence-corrected chi connectivity index (χ1v) is 24.2. The number of rotatable bonds is 44. The number of unbranched alkanes of at least 4 members (excludes halogenated alkanes) is 28. The summed E-state index contributed by atoms with van der Waals surface area (Å²) < 4.78 is 26.2. The van der Waals surface area contributed by atoms with E-state index in [1.54, 1.807) is 0 Å². The SMILES string of the molecule is CCCCCCCCCCCCCCCCCC(=O)OC[C@@H](COP([O-])OCCNC(=O)OCCN)OC(=O)CCCCCCCCCCCCCCCCC. The number of carbonyl (C=O) groups excluding carboxylic acids is 3. The molecule has 332 valence electrons. The van der Waals surface area contributed by atoms with Crippen LogP contribution in [0.15, 0.2) is 0 Å². The van der Waals surface area contributed by atoms with Crippen molar-refractivity contribution < 1.29 is 42.5 Å². The van der Waals surface area contributed by atoms with Gasteiger partial charge in [-0.15, -0.1) is 0 Å². The lowest BCUT2D eigenvalue weighted by atomic mass is 10.0. The molecule has 0 aliphatic rings. The molecule has 0 saturated carbocycles. The zero-order valence-corrected chi connectivity index (χ0v) is 37.0. The average Bonchev–Trinajstić information content (AvgIpc) is 3.19. The van der Waals surface area contributed by atoms with Gasteiger partial charge in [-0.05, 0) is 12.8 Å². The number of carbonyl (C=O) groups is 3. The average molecular weight is 818 g/mol. The predicted molar refractivity (Wildman–Crippen MR) is 227 cm³/mol. The Kier molecular flexibility index (Phi) is 43.4. The van der Waals surface area contributed by atoms with Gasteiger partial charge in [-0.25, -0.2) is 4.79 Å². The third-order valence-electron chi connectivity index (χ3n) is 9.98. The van der Waals surface area contributed by atoms with Crippen molar-refractivity contribution in [3.8, 4) is 0 Å². The molecule has 0 aromatic heterocycles. The summed E-state index contributed by atoms with van der Waals surface area (Å²) in [5.74, 6) is -0.750. The first-order chi connectivity index (χ1) is 27.4. The van der Waals surface area contributed by atoms with Gasteiger partial charge in [0.25, 0.3) is 0 Å². The monoisotopic (exact) mass is 818 g/mol. The van der Waals surface area contributed by atoms with Crippen molar-refractivity contribution >= 4 is 26.6 Å². The smallest absolute Gasteiger partial charge is 0.407 e. The number of hydrogen-bond donors (Lipinski definition) is 2. The van der Waals surface area contributed by atoms with Crippen LogP contribution in [0.2, 0.25) is 0 Å². The molecule has 1 amide bonds. The Morgan fingerprint density at radius 2 is 0.911 bits per heavy atom. The Morgan fingerprint density at radius 3 is 1.32 bits per heavy atom. The van der Waals surface area contributed by atoms with Crippen LogP contribution in [0.5, 0.6) is 0 Å². The quantitative estimate of drug-likeness (QED) is 0.0262. The van der Waals surface area contributed by atoms with E-state index in [0.717, 1.165) is 38.5 Å². The topological polar surface area (TPSA) is 158 Å². The highest BCUT2D eigenvalue weighted by Gasteiger charge is 2.18. The van der Waals surface area contributed by atoms with Crippen molar-refractivity contribution in [3.05, 3.63) is 0 Å². The lowest BCUT2D eigenvalue weighted by Gasteiger charge is -2.25. The summed E-state index contributed by atoms with van der Waals surface area (Å²) in [6, 6.07) is 0. The Labute approximate surface area is 344 Å². The molecule has 2 atom stereocenters. The van der Waals surface area contributed by atoms with Crippen molar-refractivity contribution in [1.29, 1.82) is 0 Å². The second kappa shape index (κ2) is 44.6. The molecule has 0 spiro atoms. The maximum Gasteiger partial charge on any atom is 0.407 e. The molecule has 56 heavy (non-hydrogen) atoms. The molecule has 0 aliphatic heterocycles. The molecule has 0 aromatic rings. The van der Waals surface area contributed by atoms with Crippen molar-refractivity contribution in [2.24, 2.45) is 5.73 Å². The molecule has 0 heterocycles. The molecule has 0 bridgehead atoms. The Balaban J connectivity index is 4.28. The number of esters is 2. The first kappa shape index (κ1) is 54.5. The number of alkyl carbamates (subject to hydrolysis) is 1. The summed E-state index contributed by atoms with van der Waals surface area (Å²) in [7, 11) is -2.55. The summed E-state index contributed by atoms with van der Waals surface area (Å²) in [6.45, 7) is 4.37. The fraction of sp³-hybridized carbons (Fsp3) is 0.932. The van der Waals surface area contributed by atoms with E-state index in [0.29, 0.717) is 6.42 Å². The van der Waals surface area contributed by atoms with Crippen LogP contribution < -0.4 is 15.9 Å². The summed E-state index contributed by atoms with van der Waals surface area (Å²) in [4.78, 5) is 48.9. The third kappa shape index (κ3) is 42.1. The highest BCUT2D eigenvalue weighted by molar-refractivity contribution is 7.39. The Hall–Kier alpha value is -1.52. The van der Waals surface area contributed by atoms with Crippen LogP contribution in [0, 0.1) is 0 Å². The molecule has 0 rings (SSSR count). The number of nitrogens with one attached hydrogen (secondary N) is 1. The molecular weight excluding hydrogens is 731 g/mol. The fourth-order valence-corrected chi connectivity index (χ4v) is 7.16. The van der Waals surface area contributed by atoms with Gasteiger partial charge >= 0.3 is 18.0 Å². The number of hydrogen-bond acceptors (Lipinski definition) is 10. The second-order valence-electron chi connectivity index (χ2n) is 15.4. The number of nitrogens with two attached hydrogens (primary N) is 1.